The highest BCUT2D eigenvalue weighted by Gasteiger charge is 2.31. The van der Waals surface area contributed by atoms with Gasteiger partial charge >= 0.3 is 5.69 Å². The van der Waals surface area contributed by atoms with Crippen LogP contribution in [0.2, 0.25) is 0 Å². The maximum atomic E-state index is 14.8. The number of halogens is 2. The Bertz CT molecular complexity index is 1470. The van der Waals surface area contributed by atoms with E-state index in [0.717, 1.165) is 30.5 Å². The molecular formula is C24H24F2N6O2. The summed E-state index contributed by atoms with van der Waals surface area (Å²) in [5.41, 5.74) is 1.76. The van der Waals surface area contributed by atoms with Crippen molar-refractivity contribution in [1.82, 2.24) is 28.7 Å². The van der Waals surface area contributed by atoms with E-state index in [0.29, 0.717) is 42.7 Å². The molecule has 8 nitrogen and oxygen atoms in total. The number of aryl methyl sites for hydroxylation is 1. The van der Waals surface area contributed by atoms with Crippen molar-refractivity contribution in [2.45, 2.75) is 50.7 Å². The molecule has 0 N–H and O–H groups in total. The molecule has 0 radical (unpaired) electrons. The third kappa shape index (κ3) is 3.44. The molecule has 1 aliphatic carbocycles. The Morgan fingerprint density at radius 3 is 2.74 bits per heavy atom. The lowest BCUT2D eigenvalue weighted by atomic mass is 9.92. The van der Waals surface area contributed by atoms with Crippen molar-refractivity contribution >= 4 is 5.65 Å². The molecule has 0 bridgehead atoms. The molecule has 6 rings (SSSR count). The van der Waals surface area contributed by atoms with Crippen LogP contribution in [0.5, 0.6) is 0 Å². The van der Waals surface area contributed by atoms with Crippen LogP contribution in [0.1, 0.15) is 60.8 Å². The molecule has 2 aliphatic rings. The van der Waals surface area contributed by atoms with Crippen molar-refractivity contribution < 1.29 is 13.5 Å². The summed E-state index contributed by atoms with van der Waals surface area (Å²) < 4.78 is 39.2. The van der Waals surface area contributed by atoms with Crippen molar-refractivity contribution in [1.29, 1.82) is 0 Å². The number of rotatable bonds is 4. The zero-order valence-corrected chi connectivity index (χ0v) is 18.9. The Labute approximate surface area is 193 Å². The van der Waals surface area contributed by atoms with Crippen LogP contribution in [0.4, 0.5) is 8.78 Å². The predicted octanol–water partition coefficient (Wildman–Crippen LogP) is 3.85. The monoisotopic (exact) mass is 466 g/mol. The third-order valence-corrected chi connectivity index (χ3v) is 6.90. The van der Waals surface area contributed by atoms with Crippen LogP contribution in [0.25, 0.3) is 17.0 Å². The molecular weight excluding hydrogens is 442 g/mol. The second-order valence-corrected chi connectivity index (χ2v) is 9.18. The average molecular weight is 466 g/mol. The summed E-state index contributed by atoms with van der Waals surface area (Å²) in [5.74, 6) is -0.879. The Balaban J connectivity index is 1.44. The standard InChI is InChI=1S/C24H24F2N6O2/c1-13-22-28-21(14-7-8-34-20(9-14)15-11-27-31(12-15)17-4-5-17)29-23(32(22)24(33)30(13)2)18-6-3-16(25)10-19(18)26/h3,6,10-12,14,17,20H,4-5,7-9H2,1-2H3/t14-,20-/m1/s1. The van der Waals surface area contributed by atoms with Crippen LogP contribution < -0.4 is 5.69 Å². The number of benzene rings is 1. The minimum absolute atomic E-state index is 0.0509. The first-order chi connectivity index (χ1) is 16.4. The molecule has 1 aliphatic heterocycles. The lowest BCUT2D eigenvalue weighted by Gasteiger charge is -2.28. The average Bonchev–Trinajstić information content (AvgIpc) is 3.53. The second-order valence-electron chi connectivity index (χ2n) is 9.18. The van der Waals surface area contributed by atoms with Gasteiger partial charge in [-0.3, -0.25) is 9.25 Å². The van der Waals surface area contributed by atoms with Crippen LogP contribution in [-0.2, 0) is 11.8 Å². The van der Waals surface area contributed by atoms with Crippen LogP contribution in [-0.4, -0.2) is 35.3 Å². The number of fused-ring (bicyclic) bond motifs is 1. The first kappa shape index (κ1) is 21.2. The Kier molecular flexibility index (Phi) is 4.87. The molecule has 2 atom stereocenters. The fraction of sp³-hybridized carbons (Fsp3) is 0.417. The van der Waals surface area contributed by atoms with Crippen LogP contribution in [0, 0.1) is 18.6 Å². The van der Waals surface area contributed by atoms with Crippen molar-refractivity contribution in [3.8, 4) is 11.4 Å². The van der Waals surface area contributed by atoms with E-state index in [4.69, 9.17) is 9.72 Å². The minimum atomic E-state index is -0.781. The SMILES string of the molecule is Cc1c2nc([C@@H]3CCO[C@@H](c4cnn(C5CC5)c4)C3)nc(-c3ccc(F)cc3F)n2c(=O)n1C. The van der Waals surface area contributed by atoms with Crippen LogP contribution >= 0.6 is 0 Å². The van der Waals surface area contributed by atoms with E-state index >= 15 is 0 Å². The molecule has 1 aromatic carbocycles. The van der Waals surface area contributed by atoms with E-state index in [-0.39, 0.29) is 29.1 Å². The quantitative estimate of drug-likeness (QED) is 0.457. The van der Waals surface area contributed by atoms with E-state index in [2.05, 4.69) is 16.3 Å². The predicted molar refractivity (Wildman–Crippen MR) is 119 cm³/mol. The van der Waals surface area contributed by atoms with E-state index in [9.17, 15) is 13.6 Å². The third-order valence-electron chi connectivity index (χ3n) is 6.90. The van der Waals surface area contributed by atoms with Crippen LogP contribution in [0.3, 0.4) is 0 Å². The number of ether oxygens (including phenoxy) is 1. The largest absolute Gasteiger partial charge is 0.373 e. The Morgan fingerprint density at radius 1 is 1.15 bits per heavy atom. The molecule has 176 valence electrons. The number of imidazole rings is 1. The molecule has 4 aromatic rings. The molecule has 10 heteroatoms. The smallest absolute Gasteiger partial charge is 0.335 e. The first-order valence-corrected chi connectivity index (χ1v) is 11.5. The summed E-state index contributed by atoms with van der Waals surface area (Å²) in [4.78, 5) is 22.3. The van der Waals surface area contributed by atoms with Crippen molar-refractivity contribution in [2.75, 3.05) is 6.61 Å². The van der Waals surface area contributed by atoms with Gasteiger partial charge in [0.15, 0.2) is 11.5 Å². The summed E-state index contributed by atoms with van der Waals surface area (Å²) in [7, 11) is 1.64. The van der Waals surface area contributed by atoms with Gasteiger partial charge in [-0.05, 0) is 44.7 Å². The Hall–Kier alpha value is -3.40. The maximum Gasteiger partial charge on any atom is 0.335 e. The highest BCUT2D eigenvalue weighted by Crippen LogP contribution is 2.39. The molecule has 0 amide bonds. The highest BCUT2D eigenvalue weighted by atomic mass is 19.1. The van der Waals surface area contributed by atoms with Crippen molar-refractivity contribution in [2.24, 2.45) is 7.05 Å². The molecule has 1 saturated carbocycles. The molecule has 0 unspecified atom stereocenters. The summed E-state index contributed by atoms with van der Waals surface area (Å²) in [6, 6.07) is 3.76. The van der Waals surface area contributed by atoms with E-state index in [1.807, 2.05) is 10.9 Å². The molecule has 0 spiro atoms. The van der Waals surface area contributed by atoms with Gasteiger partial charge in [-0.15, -0.1) is 0 Å². The minimum Gasteiger partial charge on any atom is -0.373 e. The topological polar surface area (TPSA) is 79.2 Å². The molecule has 4 heterocycles. The van der Waals surface area contributed by atoms with Gasteiger partial charge in [-0.25, -0.2) is 27.9 Å². The summed E-state index contributed by atoms with van der Waals surface area (Å²) in [6.07, 6.45) is 7.42. The molecule has 3 aromatic heterocycles. The number of hydrogen-bond donors (Lipinski definition) is 0. The summed E-state index contributed by atoms with van der Waals surface area (Å²) in [5, 5.41) is 4.48. The zero-order valence-electron chi connectivity index (χ0n) is 18.9. The molecule has 1 saturated heterocycles. The van der Waals surface area contributed by atoms with Gasteiger partial charge in [0.1, 0.15) is 17.5 Å². The van der Waals surface area contributed by atoms with Gasteiger partial charge in [-0.1, -0.05) is 0 Å². The fourth-order valence-electron chi connectivity index (χ4n) is 4.67. The summed E-state index contributed by atoms with van der Waals surface area (Å²) in [6.45, 7) is 2.32. The molecule has 34 heavy (non-hydrogen) atoms. The fourth-order valence-corrected chi connectivity index (χ4v) is 4.67. The van der Waals surface area contributed by atoms with Gasteiger partial charge in [0.05, 0.1) is 29.6 Å². The number of aromatic nitrogens is 6. The summed E-state index contributed by atoms with van der Waals surface area (Å²) >= 11 is 0. The van der Waals surface area contributed by atoms with Gasteiger partial charge in [0.2, 0.25) is 0 Å². The second kappa shape index (κ2) is 7.83. The molecule has 2 fully saturated rings. The van der Waals surface area contributed by atoms with Gasteiger partial charge in [0, 0.05) is 37.4 Å². The van der Waals surface area contributed by atoms with Gasteiger partial charge < -0.3 is 4.74 Å². The number of hydrogen-bond acceptors (Lipinski definition) is 5. The Morgan fingerprint density at radius 2 is 1.97 bits per heavy atom. The van der Waals surface area contributed by atoms with Gasteiger partial charge in [-0.2, -0.15) is 5.10 Å². The maximum absolute atomic E-state index is 14.8. The van der Waals surface area contributed by atoms with E-state index < -0.39 is 11.6 Å². The zero-order chi connectivity index (χ0) is 23.6. The first-order valence-electron chi connectivity index (χ1n) is 11.5. The normalized spacial score (nSPS) is 20.8. The van der Waals surface area contributed by atoms with Crippen molar-refractivity contribution in [3.63, 3.8) is 0 Å². The van der Waals surface area contributed by atoms with E-state index in [1.165, 1.54) is 15.0 Å². The van der Waals surface area contributed by atoms with E-state index in [1.54, 1.807) is 14.0 Å². The highest BCUT2D eigenvalue weighted by molar-refractivity contribution is 5.61. The van der Waals surface area contributed by atoms with Gasteiger partial charge in [0.25, 0.3) is 0 Å². The van der Waals surface area contributed by atoms with Crippen LogP contribution in [0.15, 0.2) is 35.4 Å². The van der Waals surface area contributed by atoms with Crippen molar-refractivity contribution in [3.05, 3.63) is 69.8 Å². The lowest BCUT2D eigenvalue weighted by molar-refractivity contribution is 0.00393. The lowest BCUT2D eigenvalue weighted by Crippen LogP contribution is -2.23. The number of nitrogens with zero attached hydrogens (tertiary/aromatic N) is 6.